The second-order valence-electron chi connectivity index (χ2n) is 6.17. The summed E-state index contributed by atoms with van der Waals surface area (Å²) < 4.78 is 1.74. The summed E-state index contributed by atoms with van der Waals surface area (Å²) in [6, 6.07) is 6.11. The highest BCUT2D eigenvalue weighted by molar-refractivity contribution is 5.86. The number of rotatable bonds is 3. The van der Waals surface area contributed by atoms with E-state index in [1.165, 1.54) is 12.0 Å². The summed E-state index contributed by atoms with van der Waals surface area (Å²) in [5.74, 6) is -0.757. The second-order valence-corrected chi connectivity index (χ2v) is 6.17. The van der Waals surface area contributed by atoms with Gasteiger partial charge in [0.25, 0.3) is 0 Å². The normalized spacial score (nSPS) is 15.9. The zero-order valence-electron chi connectivity index (χ0n) is 13.0. The molecule has 1 aliphatic carbocycles. The van der Waals surface area contributed by atoms with E-state index in [1.54, 1.807) is 4.68 Å². The first kappa shape index (κ1) is 14.8. The Morgan fingerprint density at radius 2 is 1.95 bits per heavy atom. The molecule has 1 N–H and O–H groups in total. The first-order valence-electron chi connectivity index (χ1n) is 7.84. The van der Waals surface area contributed by atoms with Gasteiger partial charge in [-0.1, -0.05) is 42.2 Å². The van der Waals surface area contributed by atoms with Crippen LogP contribution < -0.4 is 0 Å². The van der Waals surface area contributed by atoms with Gasteiger partial charge in [0.1, 0.15) is 0 Å². The van der Waals surface area contributed by atoms with Gasteiger partial charge in [-0.3, -0.25) is 0 Å². The van der Waals surface area contributed by atoms with Crippen molar-refractivity contribution in [1.82, 2.24) is 15.0 Å². The maximum absolute atomic E-state index is 11.5. The lowest BCUT2D eigenvalue weighted by atomic mass is 9.86. The Balaban J connectivity index is 2.13. The van der Waals surface area contributed by atoms with Crippen molar-refractivity contribution in [2.75, 3.05) is 0 Å². The summed E-state index contributed by atoms with van der Waals surface area (Å²) in [5.41, 5.74) is 4.05. The molecule has 1 heterocycles. The number of nitrogens with zero attached hydrogens (tertiary/aromatic N) is 3. The number of aryl methyl sites for hydroxylation is 2. The monoisotopic (exact) mass is 299 g/mol. The summed E-state index contributed by atoms with van der Waals surface area (Å²) in [6.07, 6.45) is 5.53. The first-order chi connectivity index (χ1) is 10.6. The van der Waals surface area contributed by atoms with Crippen LogP contribution in [0.5, 0.6) is 0 Å². The van der Waals surface area contributed by atoms with Gasteiger partial charge in [-0.25, -0.2) is 9.48 Å². The molecule has 0 aliphatic heterocycles. The molecule has 116 valence electrons. The van der Waals surface area contributed by atoms with Gasteiger partial charge in [0, 0.05) is 5.92 Å². The van der Waals surface area contributed by atoms with Crippen molar-refractivity contribution in [2.45, 2.75) is 51.9 Å². The molecule has 1 fully saturated rings. The molecule has 5 nitrogen and oxygen atoms in total. The molecule has 1 aliphatic rings. The molecule has 0 amide bonds. The minimum atomic E-state index is -0.989. The van der Waals surface area contributed by atoms with Crippen LogP contribution in [-0.4, -0.2) is 26.1 Å². The van der Waals surface area contributed by atoms with Gasteiger partial charge in [0.15, 0.2) is 5.69 Å². The molecule has 1 aromatic heterocycles. The average Bonchev–Trinajstić information content (AvgIpc) is 2.93. The van der Waals surface area contributed by atoms with Crippen LogP contribution in [0.15, 0.2) is 18.2 Å². The molecule has 0 bridgehead atoms. The van der Waals surface area contributed by atoms with Gasteiger partial charge in [-0.05, 0) is 38.3 Å². The van der Waals surface area contributed by atoms with Crippen LogP contribution in [0.25, 0.3) is 5.69 Å². The minimum absolute atomic E-state index is 0.104. The quantitative estimate of drug-likeness (QED) is 0.939. The van der Waals surface area contributed by atoms with E-state index in [-0.39, 0.29) is 11.6 Å². The maximum Gasteiger partial charge on any atom is 0.358 e. The first-order valence-corrected chi connectivity index (χ1v) is 7.84. The summed E-state index contributed by atoms with van der Waals surface area (Å²) in [4.78, 5) is 11.5. The molecule has 0 radical (unpaired) electrons. The smallest absolute Gasteiger partial charge is 0.358 e. The predicted molar refractivity (Wildman–Crippen MR) is 83.6 cm³/mol. The van der Waals surface area contributed by atoms with Crippen molar-refractivity contribution in [2.24, 2.45) is 0 Å². The summed E-state index contributed by atoms with van der Waals surface area (Å²) >= 11 is 0. The number of aromatic nitrogens is 3. The zero-order chi connectivity index (χ0) is 15.7. The number of carbonyl (C=O) groups is 1. The van der Waals surface area contributed by atoms with Crippen LogP contribution >= 0.6 is 0 Å². The van der Waals surface area contributed by atoms with E-state index in [0.29, 0.717) is 0 Å². The molecule has 1 aromatic carbocycles. The lowest BCUT2D eigenvalue weighted by molar-refractivity contribution is 0.0688. The molecule has 3 rings (SSSR count). The molecule has 5 heteroatoms. The number of carboxylic acid groups (broad SMARTS) is 1. The fraction of sp³-hybridized carbons (Fsp3) is 0.471. The average molecular weight is 299 g/mol. The molecule has 0 spiro atoms. The summed E-state index contributed by atoms with van der Waals surface area (Å²) in [5, 5.41) is 17.6. The highest BCUT2D eigenvalue weighted by Crippen LogP contribution is 2.35. The van der Waals surface area contributed by atoms with Crippen molar-refractivity contribution in [3.63, 3.8) is 0 Å². The standard InChI is InChI=1S/C17H21N3O2/c1-11-8-9-14(12(2)10-11)20-16(13-6-4-3-5-7-13)15(17(21)22)18-19-20/h8-10,13H,3-7H2,1-2H3,(H,21,22). The third kappa shape index (κ3) is 2.63. The van der Waals surface area contributed by atoms with Crippen molar-refractivity contribution in [3.8, 4) is 5.69 Å². The zero-order valence-corrected chi connectivity index (χ0v) is 13.0. The molecule has 0 saturated heterocycles. The number of benzene rings is 1. The third-order valence-corrected chi connectivity index (χ3v) is 4.48. The fourth-order valence-corrected chi connectivity index (χ4v) is 3.40. The number of carboxylic acids is 1. The second kappa shape index (κ2) is 5.91. The van der Waals surface area contributed by atoms with Crippen molar-refractivity contribution < 1.29 is 9.90 Å². The van der Waals surface area contributed by atoms with Crippen LogP contribution in [-0.2, 0) is 0 Å². The lowest BCUT2D eigenvalue weighted by Crippen LogP contribution is -2.15. The maximum atomic E-state index is 11.5. The molecule has 0 unspecified atom stereocenters. The number of aromatic carboxylic acids is 1. The van der Waals surface area contributed by atoms with E-state index in [2.05, 4.69) is 16.4 Å². The highest BCUT2D eigenvalue weighted by atomic mass is 16.4. The van der Waals surface area contributed by atoms with E-state index in [1.807, 2.05) is 26.0 Å². The third-order valence-electron chi connectivity index (χ3n) is 4.48. The minimum Gasteiger partial charge on any atom is -0.476 e. The molecular weight excluding hydrogens is 278 g/mol. The summed E-state index contributed by atoms with van der Waals surface area (Å²) in [6.45, 7) is 4.07. The van der Waals surface area contributed by atoms with Crippen LogP contribution in [0.2, 0.25) is 0 Å². The van der Waals surface area contributed by atoms with Gasteiger partial charge in [-0.15, -0.1) is 5.10 Å². The van der Waals surface area contributed by atoms with Gasteiger partial charge in [0.05, 0.1) is 11.4 Å². The molecule has 0 atom stereocenters. The van der Waals surface area contributed by atoms with Crippen LogP contribution in [0.1, 0.15) is 65.3 Å². The van der Waals surface area contributed by atoms with Crippen LogP contribution in [0.3, 0.4) is 0 Å². The van der Waals surface area contributed by atoms with Gasteiger partial charge >= 0.3 is 5.97 Å². The topological polar surface area (TPSA) is 68.0 Å². The van der Waals surface area contributed by atoms with E-state index < -0.39 is 5.97 Å². The predicted octanol–water partition coefficient (Wildman–Crippen LogP) is 3.63. The Bertz CT molecular complexity index is 700. The Labute approximate surface area is 130 Å². The Kier molecular flexibility index (Phi) is 3.96. The van der Waals surface area contributed by atoms with E-state index in [0.717, 1.165) is 42.6 Å². The SMILES string of the molecule is Cc1ccc(-n2nnc(C(=O)O)c2C2CCCCC2)c(C)c1. The van der Waals surface area contributed by atoms with E-state index >= 15 is 0 Å². The number of hydrogen-bond acceptors (Lipinski definition) is 3. The number of hydrogen-bond donors (Lipinski definition) is 1. The Morgan fingerprint density at radius 1 is 1.23 bits per heavy atom. The Hall–Kier alpha value is -2.17. The summed E-state index contributed by atoms with van der Waals surface area (Å²) in [7, 11) is 0. The van der Waals surface area contributed by atoms with Crippen LogP contribution in [0.4, 0.5) is 0 Å². The highest BCUT2D eigenvalue weighted by Gasteiger charge is 2.28. The molecule has 22 heavy (non-hydrogen) atoms. The largest absolute Gasteiger partial charge is 0.476 e. The van der Waals surface area contributed by atoms with Crippen molar-refractivity contribution >= 4 is 5.97 Å². The van der Waals surface area contributed by atoms with Gasteiger partial charge in [0.2, 0.25) is 0 Å². The van der Waals surface area contributed by atoms with E-state index in [4.69, 9.17) is 0 Å². The van der Waals surface area contributed by atoms with Crippen molar-refractivity contribution in [3.05, 3.63) is 40.7 Å². The fourth-order valence-electron chi connectivity index (χ4n) is 3.40. The van der Waals surface area contributed by atoms with Gasteiger partial charge < -0.3 is 5.11 Å². The Morgan fingerprint density at radius 3 is 2.59 bits per heavy atom. The molecule has 2 aromatic rings. The van der Waals surface area contributed by atoms with Crippen LogP contribution in [0, 0.1) is 13.8 Å². The van der Waals surface area contributed by atoms with E-state index in [9.17, 15) is 9.90 Å². The molecular formula is C17H21N3O2. The lowest BCUT2D eigenvalue weighted by Gasteiger charge is -2.23. The molecule has 1 saturated carbocycles. The van der Waals surface area contributed by atoms with Gasteiger partial charge in [-0.2, -0.15) is 0 Å². The van der Waals surface area contributed by atoms with Crippen molar-refractivity contribution in [1.29, 1.82) is 0 Å².